The van der Waals surface area contributed by atoms with Gasteiger partial charge in [-0.25, -0.2) is 0 Å². The molecule has 6 atom stereocenters. The van der Waals surface area contributed by atoms with Gasteiger partial charge in [0.15, 0.2) is 0 Å². The molecular weight excluding hydrogens is 1190 g/mol. The molecule has 0 aliphatic rings. The molecule has 7 aromatic rings. The summed E-state index contributed by atoms with van der Waals surface area (Å²) in [6.45, 7) is 37.4. The van der Waals surface area contributed by atoms with Crippen molar-refractivity contribution in [2.45, 2.75) is 191 Å². The van der Waals surface area contributed by atoms with Gasteiger partial charge in [0.05, 0.1) is 0 Å². The third kappa shape index (κ3) is 36.2. The van der Waals surface area contributed by atoms with E-state index in [4.69, 9.17) is 63.5 Å². The van der Waals surface area contributed by atoms with Crippen LogP contribution in [0.1, 0.15) is 217 Å². The van der Waals surface area contributed by atoms with E-state index in [1.807, 2.05) is 48.5 Å². The van der Waals surface area contributed by atoms with Gasteiger partial charge < -0.3 is 28.7 Å². The number of rotatable bonds is 28. The quantitative estimate of drug-likeness (QED) is 0.0334. The van der Waals surface area contributed by atoms with E-state index < -0.39 is 0 Å². The zero-order valence-electron chi connectivity index (χ0n) is 59.7. The molecule has 92 heavy (non-hydrogen) atoms. The lowest BCUT2D eigenvalue weighted by Crippen LogP contribution is -2.18. The minimum Gasteiger partial charge on any atom is -0.330 e. The molecule has 0 radical (unpaired) electrons. The maximum Gasteiger partial charge on any atom is 0.0408 e. The average molecular weight is 1310 g/mol. The van der Waals surface area contributed by atoms with Crippen LogP contribution in [0.2, 0.25) is 15.1 Å². The van der Waals surface area contributed by atoms with Gasteiger partial charge in [-0.05, 0) is 247 Å². The third-order valence-corrected chi connectivity index (χ3v) is 17.4. The van der Waals surface area contributed by atoms with Gasteiger partial charge in [0.25, 0.3) is 0 Å². The minimum atomic E-state index is 0.439. The lowest BCUT2D eigenvalue weighted by Gasteiger charge is -2.19. The predicted molar refractivity (Wildman–Crippen MR) is 411 cm³/mol. The van der Waals surface area contributed by atoms with Crippen molar-refractivity contribution >= 4 is 34.8 Å². The summed E-state index contributed by atoms with van der Waals surface area (Å²) < 4.78 is 0. The number of hydrogen-bond acceptors (Lipinski definition) is 5. The Morgan fingerprint density at radius 1 is 0.283 bits per heavy atom. The standard InChI is InChI=1S/C18H23N.C15H25N.C14H22.C13H20ClN.2C12H18ClN/c1-14(2)11-18(13-19)17-10-6-9-16(12-17)15-7-4-3-5-8-15;1-11(2)8-15(10-16)14-7-5-6-13(9-14)12(3)4;1-4-13(10-12(2)3)11-14-8-6-5-7-9-14;1-10(2)6-12(9-15)7-11-4-3-5-13(14)8-11;1-9(2)7-11(8-14)10-3-5-12(13)6-4-10;1-9(2)6-11(8-14)10-4-3-5-12(13)7-10/h3-10,12,14,18H,11,13,19H2,1-2H3;5-7,9,11-12,15H,8,10,16H2,1-4H3;5-9,12-13H,4,10-11H2,1-3H3;3-5,8,10,12H,6-7,9,15H2,1-2H3;3-6,9,11H,7-8,14H2,1-2H3;3-5,7,9,11H,6,8,14H2,1-2H3/t18-;15-;13-;12-;2*11-/m001100/s1. The van der Waals surface area contributed by atoms with Gasteiger partial charge in [-0.2, -0.15) is 0 Å². The monoisotopic (exact) mass is 1310 g/mol. The topological polar surface area (TPSA) is 130 Å². The van der Waals surface area contributed by atoms with Crippen molar-refractivity contribution in [3.63, 3.8) is 0 Å². The second-order valence-corrected chi connectivity index (χ2v) is 29.6. The Bertz CT molecular complexity index is 2920. The van der Waals surface area contributed by atoms with Crippen molar-refractivity contribution in [1.82, 2.24) is 0 Å². The first-order valence-corrected chi connectivity index (χ1v) is 36.0. The summed E-state index contributed by atoms with van der Waals surface area (Å²) in [7, 11) is 0. The van der Waals surface area contributed by atoms with Crippen molar-refractivity contribution in [1.29, 1.82) is 0 Å². The highest BCUT2D eigenvalue weighted by Crippen LogP contribution is 2.30. The molecule has 0 aliphatic heterocycles. The van der Waals surface area contributed by atoms with E-state index in [9.17, 15) is 0 Å². The van der Waals surface area contributed by atoms with Crippen molar-refractivity contribution in [2.75, 3.05) is 32.7 Å². The molecule has 0 unspecified atom stereocenters. The summed E-state index contributed by atoms with van der Waals surface area (Å²) in [4.78, 5) is 0. The molecule has 508 valence electrons. The number of hydrogen-bond donors (Lipinski definition) is 5. The van der Waals surface area contributed by atoms with Crippen LogP contribution < -0.4 is 28.7 Å². The summed E-state index contributed by atoms with van der Waals surface area (Å²) in [5.41, 5.74) is 41.2. The summed E-state index contributed by atoms with van der Waals surface area (Å²) in [5.74, 6) is 8.16. The Hall–Kier alpha value is -4.79. The highest BCUT2D eigenvalue weighted by molar-refractivity contribution is 6.31. The van der Waals surface area contributed by atoms with E-state index in [1.165, 1.54) is 82.2 Å². The Balaban J connectivity index is 0.000000378. The van der Waals surface area contributed by atoms with Crippen molar-refractivity contribution in [2.24, 2.45) is 76.0 Å². The van der Waals surface area contributed by atoms with Gasteiger partial charge in [-0.1, -0.05) is 291 Å². The number of benzene rings is 7. The lowest BCUT2D eigenvalue weighted by atomic mass is 9.88. The molecule has 0 aromatic heterocycles. The van der Waals surface area contributed by atoms with Gasteiger partial charge >= 0.3 is 0 Å². The molecule has 0 spiro atoms. The number of halogens is 3. The van der Waals surface area contributed by atoms with Crippen LogP contribution in [0.4, 0.5) is 0 Å². The van der Waals surface area contributed by atoms with Gasteiger partial charge in [-0.15, -0.1) is 0 Å². The van der Waals surface area contributed by atoms with Gasteiger partial charge in [-0.3, -0.25) is 0 Å². The van der Waals surface area contributed by atoms with Crippen LogP contribution in [0.5, 0.6) is 0 Å². The Morgan fingerprint density at radius 2 is 0.641 bits per heavy atom. The Morgan fingerprint density at radius 3 is 1.07 bits per heavy atom. The molecule has 8 heteroatoms. The zero-order valence-corrected chi connectivity index (χ0v) is 62.0. The second-order valence-electron chi connectivity index (χ2n) is 28.3. The smallest absolute Gasteiger partial charge is 0.0408 e. The molecule has 0 fully saturated rings. The largest absolute Gasteiger partial charge is 0.330 e. The van der Waals surface area contributed by atoms with Gasteiger partial charge in [0, 0.05) is 15.1 Å². The normalized spacial score (nSPS) is 13.1. The molecule has 10 N–H and O–H groups in total. The Labute approximate surface area is 578 Å². The number of nitrogens with two attached hydrogens (primary N) is 5. The molecule has 7 aromatic carbocycles. The van der Waals surface area contributed by atoms with Crippen LogP contribution in [-0.2, 0) is 12.8 Å². The first-order valence-electron chi connectivity index (χ1n) is 34.9. The van der Waals surface area contributed by atoms with Crippen LogP contribution in [0.3, 0.4) is 0 Å². The molecule has 0 aliphatic carbocycles. The van der Waals surface area contributed by atoms with E-state index in [1.54, 1.807) is 0 Å². The highest BCUT2D eigenvalue weighted by atomic mass is 35.5. The fourth-order valence-electron chi connectivity index (χ4n) is 12.0. The SMILES string of the molecule is CC(C)C[C@@H](CN)Cc1cccc(Cl)c1.CC(C)C[C@@H](CN)c1ccc(Cl)cc1.CC(C)C[C@@H](CN)c1cccc(-c2ccccc2)c1.CC(C)C[C@@H](CN)c1cccc(C(C)C)c1.CC(C)C[C@@H](CN)c1cccc(Cl)c1.CC[C@@H](Cc1ccccc1)CC(C)C. The minimum absolute atomic E-state index is 0.439. The fraction of sp³-hybridized carbons (Fsp3) is 0.500. The molecule has 0 bridgehead atoms. The first kappa shape index (κ1) is 83.3. The molecule has 0 amide bonds. The zero-order chi connectivity index (χ0) is 68.5. The lowest BCUT2D eigenvalue weighted by molar-refractivity contribution is 0.396. The summed E-state index contributed by atoms with van der Waals surface area (Å²) in [6, 6.07) is 63.1. The molecule has 5 nitrogen and oxygen atoms in total. The van der Waals surface area contributed by atoms with Gasteiger partial charge in [0.2, 0.25) is 0 Å². The van der Waals surface area contributed by atoms with Crippen molar-refractivity contribution in [3.05, 3.63) is 236 Å². The van der Waals surface area contributed by atoms with E-state index in [-0.39, 0.29) is 0 Å². The highest BCUT2D eigenvalue weighted by Gasteiger charge is 2.17. The maximum atomic E-state index is 5.95. The summed E-state index contributed by atoms with van der Waals surface area (Å²) in [5, 5.41) is 2.39. The van der Waals surface area contributed by atoms with Crippen molar-refractivity contribution in [3.8, 4) is 11.1 Å². The van der Waals surface area contributed by atoms with E-state index in [0.29, 0.717) is 78.2 Å². The molecule has 0 saturated carbocycles. The maximum absolute atomic E-state index is 5.95. The molecule has 0 heterocycles. The third-order valence-electron chi connectivity index (χ3n) is 16.6. The second kappa shape index (κ2) is 48.0. The molecule has 0 saturated heterocycles. The first-order chi connectivity index (χ1) is 43.8. The van der Waals surface area contributed by atoms with Crippen molar-refractivity contribution < 1.29 is 0 Å². The van der Waals surface area contributed by atoms with Crippen LogP contribution in [0.25, 0.3) is 11.1 Å². The van der Waals surface area contributed by atoms with E-state index in [0.717, 1.165) is 72.2 Å². The fourth-order valence-corrected chi connectivity index (χ4v) is 12.5. The molecular formula is C84H126Cl3N5. The van der Waals surface area contributed by atoms with E-state index >= 15 is 0 Å². The van der Waals surface area contributed by atoms with Crippen LogP contribution in [0.15, 0.2) is 182 Å². The van der Waals surface area contributed by atoms with Crippen LogP contribution in [0, 0.1) is 47.3 Å². The average Bonchev–Trinajstić information content (AvgIpc) is 1.50. The molecule has 7 rings (SSSR count). The predicted octanol–water partition coefficient (Wildman–Crippen LogP) is 23.0. The van der Waals surface area contributed by atoms with E-state index in [2.05, 4.69) is 237 Å². The van der Waals surface area contributed by atoms with Crippen LogP contribution >= 0.6 is 34.8 Å². The Kier molecular flexibility index (Phi) is 43.4. The summed E-state index contributed by atoms with van der Waals surface area (Å²) >= 11 is 17.7. The van der Waals surface area contributed by atoms with Gasteiger partial charge in [0.1, 0.15) is 0 Å². The van der Waals surface area contributed by atoms with Crippen LogP contribution in [-0.4, -0.2) is 32.7 Å². The summed E-state index contributed by atoms with van der Waals surface area (Å²) in [6.07, 6.45) is 10.7.